The molecule has 3 rings (SSSR count). The number of primary amides is 1. The largest absolute Gasteiger partial charge is 0.447 e. The van der Waals surface area contributed by atoms with Crippen molar-refractivity contribution in [2.75, 3.05) is 39.8 Å². The number of rotatable bonds is 8. The number of hydrogen-bond donors (Lipinski definition) is 1. The summed E-state index contributed by atoms with van der Waals surface area (Å²) in [6.07, 6.45) is 5.68. The Bertz CT molecular complexity index is 872. The van der Waals surface area contributed by atoms with E-state index in [0.29, 0.717) is 12.4 Å². The number of carbonyl (C=O) groups excluding carboxylic acids is 2. The maximum Gasteiger partial charge on any atom is 0.276 e. The van der Waals surface area contributed by atoms with Crippen LogP contribution in [0.1, 0.15) is 28.9 Å². The van der Waals surface area contributed by atoms with Crippen LogP contribution in [0.4, 0.5) is 0 Å². The van der Waals surface area contributed by atoms with Crippen LogP contribution in [-0.4, -0.2) is 77.3 Å². The lowest BCUT2D eigenvalue weighted by molar-refractivity contribution is -0.121. The minimum atomic E-state index is -0.707. The summed E-state index contributed by atoms with van der Waals surface area (Å²) in [5, 5.41) is 0. The maximum atomic E-state index is 12.4. The number of nitrogens with zero attached hydrogens (tertiary/aromatic N) is 4. The topological polar surface area (TPSA) is 95.9 Å². The normalized spacial score (nSPS) is 16.6. The van der Waals surface area contributed by atoms with Crippen LogP contribution in [0.3, 0.4) is 0 Å². The standard InChI is InChI=1S/C22H29N5O3/c1-17(21(23)28)25(2)22(29)19-16-30-20(24-19)15-27-13-11-26(12-14-27)10-6-9-18-7-4-3-5-8-18/h3-9,16-17H,10-15H2,1-2H3,(H2,23,28)/b9-6+. The molecule has 8 nitrogen and oxygen atoms in total. The number of aromatic nitrogens is 1. The van der Waals surface area contributed by atoms with Crippen LogP contribution in [0.5, 0.6) is 0 Å². The van der Waals surface area contributed by atoms with Gasteiger partial charge in [0.2, 0.25) is 11.8 Å². The van der Waals surface area contributed by atoms with Crippen molar-refractivity contribution in [3.05, 3.63) is 59.8 Å². The van der Waals surface area contributed by atoms with Crippen molar-refractivity contribution in [1.29, 1.82) is 0 Å². The van der Waals surface area contributed by atoms with E-state index in [0.717, 1.165) is 32.7 Å². The van der Waals surface area contributed by atoms with Gasteiger partial charge < -0.3 is 15.1 Å². The molecule has 1 unspecified atom stereocenters. The fraction of sp³-hybridized carbons (Fsp3) is 0.409. The Hall–Kier alpha value is -2.97. The number of likely N-dealkylation sites (N-methyl/N-ethyl adjacent to an activating group) is 1. The van der Waals surface area contributed by atoms with Crippen molar-refractivity contribution in [3.63, 3.8) is 0 Å². The molecule has 1 aliphatic rings. The van der Waals surface area contributed by atoms with Gasteiger partial charge in [-0.2, -0.15) is 0 Å². The van der Waals surface area contributed by atoms with Crippen molar-refractivity contribution in [3.8, 4) is 0 Å². The summed E-state index contributed by atoms with van der Waals surface area (Å²) in [7, 11) is 1.53. The minimum absolute atomic E-state index is 0.185. The van der Waals surface area contributed by atoms with Gasteiger partial charge in [-0.1, -0.05) is 42.5 Å². The monoisotopic (exact) mass is 411 g/mol. The average molecular weight is 412 g/mol. The summed E-state index contributed by atoms with van der Waals surface area (Å²) in [5.41, 5.74) is 6.66. The van der Waals surface area contributed by atoms with E-state index >= 15 is 0 Å². The van der Waals surface area contributed by atoms with Gasteiger partial charge in [-0.05, 0) is 12.5 Å². The number of carbonyl (C=O) groups is 2. The second-order valence-electron chi connectivity index (χ2n) is 7.51. The molecule has 1 aromatic heterocycles. The summed E-state index contributed by atoms with van der Waals surface area (Å²) in [6.45, 7) is 6.79. The second kappa shape index (κ2) is 10.2. The maximum absolute atomic E-state index is 12.4. The number of benzene rings is 1. The fourth-order valence-electron chi connectivity index (χ4n) is 3.25. The van der Waals surface area contributed by atoms with Crippen molar-refractivity contribution >= 4 is 17.9 Å². The molecule has 2 heterocycles. The molecule has 0 aliphatic carbocycles. The average Bonchev–Trinajstić information content (AvgIpc) is 3.22. The molecule has 1 atom stereocenters. The Morgan fingerprint density at radius 2 is 1.87 bits per heavy atom. The van der Waals surface area contributed by atoms with E-state index in [9.17, 15) is 9.59 Å². The van der Waals surface area contributed by atoms with Gasteiger partial charge in [0.25, 0.3) is 5.91 Å². The third-order valence-corrected chi connectivity index (χ3v) is 5.38. The van der Waals surface area contributed by atoms with E-state index in [1.165, 1.54) is 23.8 Å². The highest BCUT2D eigenvalue weighted by atomic mass is 16.3. The van der Waals surface area contributed by atoms with E-state index in [-0.39, 0.29) is 11.6 Å². The lowest BCUT2D eigenvalue weighted by Gasteiger charge is -2.33. The third-order valence-electron chi connectivity index (χ3n) is 5.38. The van der Waals surface area contributed by atoms with Gasteiger partial charge in [-0.25, -0.2) is 4.98 Å². The zero-order valence-corrected chi connectivity index (χ0v) is 17.5. The molecule has 8 heteroatoms. The van der Waals surface area contributed by atoms with E-state index < -0.39 is 11.9 Å². The second-order valence-corrected chi connectivity index (χ2v) is 7.51. The van der Waals surface area contributed by atoms with Crippen molar-refractivity contribution in [2.24, 2.45) is 5.73 Å². The molecule has 0 bridgehead atoms. The Labute approximate surface area is 176 Å². The van der Waals surface area contributed by atoms with Gasteiger partial charge in [0, 0.05) is 39.8 Å². The number of hydrogen-bond acceptors (Lipinski definition) is 6. The molecule has 160 valence electrons. The highest BCUT2D eigenvalue weighted by Gasteiger charge is 2.25. The zero-order valence-electron chi connectivity index (χ0n) is 17.5. The molecule has 2 amide bonds. The van der Waals surface area contributed by atoms with Gasteiger partial charge >= 0.3 is 0 Å². The highest BCUT2D eigenvalue weighted by Crippen LogP contribution is 2.12. The molecule has 1 saturated heterocycles. The number of amides is 2. The Morgan fingerprint density at radius 1 is 1.20 bits per heavy atom. The van der Waals surface area contributed by atoms with Crippen LogP contribution in [0, 0.1) is 0 Å². The molecule has 1 fully saturated rings. The van der Waals surface area contributed by atoms with Crippen LogP contribution in [0.15, 0.2) is 47.1 Å². The summed E-state index contributed by atoms with van der Waals surface area (Å²) < 4.78 is 5.48. The van der Waals surface area contributed by atoms with Crippen molar-refractivity contribution < 1.29 is 14.0 Å². The van der Waals surface area contributed by atoms with Crippen LogP contribution in [-0.2, 0) is 11.3 Å². The first-order chi connectivity index (χ1) is 14.4. The third kappa shape index (κ3) is 5.77. The van der Waals surface area contributed by atoms with E-state index in [2.05, 4.69) is 39.1 Å². The SMILES string of the molecule is CC(C(N)=O)N(C)C(=O)c1coc(CN2CCN(C/C=C/c3ccccc3)CC2)n1. The van der Waals surface area contributed by atoms with E-state index in [1.807, 2.05) is 18.2 Å². The van der Waals surface area contributed by atoms with E-state index in [4.69, 9.17) is 10.2 Å². The van der Waals surface area contributed by atoms with Crippen LogP contribution in [0.25, 0.3) is 6.08 Å². The molecule has 0 spiro atoms. The zero-order chi connectivity index (χ0) is 21.5. The number of nitrogens with two attached hydrogens (primary N) is 1. The number of oxazole rings is 1. The molecule has 0 radical (unpaired) electrons. The van der Waals surface area contributed by atoms with E-state index in [1.54, 1.807) is 6.92 Å². The van der Waals surface area contributed by atoms with Crippen LogP contribution in [0.2, 0.25) is 0 Å². The lowest BCUT2D eigenvalue weighted by Crippen LogP contribution is -2.45. The van der Waals surface area contributed by atoms with Crippen molar-refractivity contribution in [2.45, 2.75) is 19.5 Å². The van der Waals surface area contributed by atoms with Gasteiger partial charge in [-0.15, -0.1) is 0 Å². The Kier molecular flexibility index (Phi) is 7.37. The first-order valence-corrected chi connectivity index (χ1v) is 10.1. The Balaban J connectivity index is 1.45. The number of piperazine rings is 1. The van der Waals surface area contributed by atoms with Crippen LogP contribution < -0.4 is 5.73 Å². The highest BCUT2D eigenvalue weighted by molar-refractivity contribution is 5.95. The first-order valence-electron chi connectivity index (χ1n) is 10.1. The molecular weight excluding hydrogens is 382 g/mol. The molecular formula is C22H29N5O3. The fourth-order valence-corrected chi connectivity index (χ4v) is 3.25. The molecule has 30 heavy (non-hydrogen) atoms. The van der Waals surface area contributed by atoms with Gasteiger partial charge in [0.05, 0.1) is 6.54 Å². The molecule has 2 aromatic rings. The smallest absolute Gasteiger partial charge is 0.276 e. The van der Waals surface area contributed by atoms with Gasteiger partial charge in [0.15, 0.2) is 5.69 Å². The molecule has 1 aliphatic heterocycles. The predicted molar refractivity (Wildman–Crippen MR) is 114 cm³/mol. The summed E-state index contributed by atoms with van der Waals surface area (Å²) in [6, 6.07) is 9.57. The molecule has 2 N–H and O–H groups in total. The molecule has 1 aromatic carbocycles. The first kappa shape index (κ1) is 21.7. The predicted octanol–water partition coefficient (Wildman–Crippen LogP) is 1.45. The van der Waals surface area contributed by atoms with Crippen molar-refractivity contribution in [1.82, 2.24) is 19.7 Å². The quantitative estimate of drug-likeness (QED) is 0.706. The lowest BCUT2D eigenvalue weighted by atomic mass is 10.2. The molecule has 0 saturated carbocycles. The summed E-state index contributed by atoms with van der Waals surface area (Å²) in [4.78, 5) is 33.9. The summed E-state index contributed by atoms with van der Waals surface area (Å²) >= 11 is 0. The van der Waals surface area contributed by atoms with Gasteiger partial charge in [-0.3, -0.25) is 19.4 Å². The summed E-state index contributed by atoms with van der Waals surface area (Å²) in [5.74, 6) is -0.451. The Morgan fingerprint density at radius 3 is 2.53 bits per heavy atom. The minimum Gasteiger partial charge on any atom is -0.447 e. The van der Waals surface area contributed by atoms with Gasteiger partial charge in [0.1, 0.15) is 12.3 Å². The van der Waals surface area contributed by atoms with Crippen LogP contribution >= 0.6 is 0 Å².